The highest BCUT2D eigenvalue weighted by molar-refractivity contribution is 6.13. The summed E-state index contributed by atoms with van der Waals surface area (Å²) in [5.74, 6) is -0.0480. The number of pyridine rings is 1. The molecule has 0 aliphatic heterocycles. The van der Waals surface area contributed by atoms with Crippen molar-refractivity contribution in [2.45, 2.75) is 13.5 Å². The fraction of sp³-hybridized carbons (Fsp3) is 0.190. The first-order chi connectivity index (χ1) is 14.9. The molecule has 3 heterocycles. The van der Waals surface area contributed by atoms with Gasteiger partial charge in [0.05, 0.1) is 30.0 Å². The molecule has 31 heavy (non-hydrogen) atoms. The summed E-state index contributed by atoms with van der Waals surface area (Å²) >= 11 is 0. The number of methoxy groups -OCH3 is 1. The molecule has 1 amide bonds. The molecule has 0 unspecified atom stereocenters. The van der Waals surface area contributed by atoms with Gasteiger partial charge < -0.3 is 19.2 Å². The van der Waals surface area contributed by atoms with E-state index in [0.29, 0.717) is 33.7 Å². The van der Waals surface area contributed by atoms with Crippen molar-refractivity contribution in [1.82, 2.24) is 14.8 Å². The van der Waals surface area contributed by atoms with Crippen molar-refractivity contribution in [2.75, 3.05) is 12.4 Å². The van der Waals surface area contributed by atoms with Crippen molar-refractivity contribution in [2.24, 2.45) is 7.05 Å². The standard InChI is InChI=1S/C21H18F2N4O4/c1-11-18-13(10-14(15-5-4-8-30-15)25-19(18)27(2)26-11)20(28)24-12-6-7-16(29-3)17(9-12)31-21(22)23/h4-10,21H,1-3H3,(H,24,28). The summed E-state index contributed by atoms with van der Waals surface area (Å²) in [6.07, 6.45) is 1.51. The Morgan fingerprint density at radius 2 is 2.03 bits per heavy atom. The Kier molecular flexibility index (Phi) is 5.28. The third-order valence-electron chi connectivity index (χ3n) is 4.62. The summed E-state index contributed by atoms with van der Waals surface area (Å²) in [6.45, 7) is -1.26. The number of nitrogens with one attached hydrogen (secondary N) is 1. The number of fused-ring (bicyclic) bond motifs is 1. The van der Waals surface area contributed by atoms with Crippen LogP contribution in [0.5, 0.6) is 11.5 Å². The number of benzene rings is 1. The molecule has 160 valence electrons. The number of hydrogen-bond acceptors (Lipinski definition) is 6. The SMILES string of the molecule is COc1ccc(NC(=O)c2cc(-c3ccco3)nc3c2c(C)nn3C)cc1OC(F)F. The number of aromatic nitrogens is 3. The van der Waals surface area contributed by atoms with E-state index in [4.69, 9.17) is 9.15 Å². The van der Waals surface area contributed by atoms with Crippen LogP contribution in [0.4, 0.5) is 14.5 Å². The largest absolute Gasteiger partial charge is 0.493 e. The van der Waals surface area contributed by atoms with Crippen LogP contribution in [-0.2, 0) is 7.05 Å². The monoisotopic (exact) mass is 428 g/mol. The lowest BCUT2D eigenvalue weighted by atomic mass is 10.1. The molecule has 0 saturated carbocycles. The Balaban J connectivity index is 1.76. The van der Waals surface area contributed by atoms with Crippen LogP contribution in [0, 0.1) is 6.92 Å². The summed E-state index contributed by atoms with van der Waals surface area (Å²) in [4.78, 5) is 17.7. The fourth-order valence-corrected chi connectivity index (χ4v) is 3.32. The molecule has 0 fully saturated rings. The van der Waals surface area contributed by atoms with E-state index in [2.05, 4.69) is 20.1 Å². The van der Waals surface area contributed by atoms with E-state index in [9.17, 15) is 13.6 Å². The Hall–Kier alpha value is -3.95. The number of alkyl halides is 2. The molecule has 4 aromatic rings. The molecule has 10 heteroatoms. The fourth-order valence-electron chi connectivity index (χ4n) is 3.32. The third kappa shape index (κ3) is 3.91. The maximum Gasteiger partial charge on any atom is 0.387 e. The highest BCUT2D eigenvalue weighted by Crippen LogP contribution is 2.32. The zero-order chi connectivity index (χ0) is 22.1. The molecule has 1 N–H and O–H groups in total. The minimum atomic E-state index is -3.03. The second-order valence-electron chi connectivity index (χ2n) is 6.64. The van der Waals surface area contributed by atoms with E-state index in [-0.39, 0.29) is 17.2 Å². The second-order valence-corrected chi connectivity index (χ2v) is 6.64. The van der Waals surface area contributed by atoms with Crippen LogP contribution < -0.4 is 14.8 Å². The van der Waals surface area contributed by atoms with Gasteiger partial charge in [0.1, 0.15) is 5.69 Å². The van der Waals surface area contributed by atoms with Gasteiger partial charge in [-0.3, -0.25) is 9.48 Å². The number of nitrogens with zero attached hydrogens (tertiary/aromatic N) is 3. The molecular weight excluding hydrogens is 410 g/mol. The van der Waals surface area contributed by atoms with E-state index in [0.717, 1.165) is 0 Å². The lowest BCUT2D eigenvalue weighted by molar-refractivity contribution is -0.0511. The molecule has 0 aliphatic rings. The molecule has 4 rings (SSSR count). The van der Waals surface area contributed by atoms with Crippen molar-refractivity contribution in [3.05, 3.63) is 53.9 Å². The van der Waals surface area contributed by atoms with Crippen molar-refractivity contribution < 1.29 is 27.5 Å². The first kappa shape index (κ1) is 20.3. The van der Waals surface area contributed by atoms with E-state index in [1.807, 2.05) is 0 Å². The third-order valence-corrected chi connectivity index (χ3v) is 4.62. The van der Waals surface area contributed by atoms with Gasteiger partial charge in [-0.15, -0.1) is 0 Å². The van der Waals surface area contributed by atoms with Gasteiger partial charge in [0.15, 0.2) is 22.9 Å². The predicted octanol–water partition coefficient (Wildman–Crippen LogP) is 4.40. The molecule has 0 saturated heterocycles. The molecule has 0 bridgehead atoms. The van der Waals surface area contributed by atoms with Gasteiger partial charge in [0.25, 0.3) is 5.91 Å². The summed E-state index contributed by atoms with van der Waals surface area (Å²) in [6, 6.07) is 9.28. The topological polar surface area (TPSA) is 91.4 Å². The number of carbonyl (C=O) groups excluding carboxylic acids is 1. The lowest BCUT2D eigenvalue weighted by Gasteiger charge is -2.13. The van der Waals surface area contributed by atoms with Gasteiger partial charge in [0.2, 0.25) is 0 Å². The number of ether oxygens (including phenoxy) is 2. The van der Waals surface area contributed by atoms with E-state index >= 15 is 0 Å². The van der Waals surface area contributed by atoms with Gasteiger partial charge in [-0.1, -0.05) is 0 Å². The quantitative estimate of drug-likeness (QED) is 0.490. The Bertz CT molecular complexity index is 1250. The average molecular weight is 428 g/mol. The first-order valence-electron chi connectivity index (χ1n) is 9.19. The van der Waals surface area contributed by atoms with Gasteiger partial charge in [0, 0.05) is 18.8 Å². The van der Waals surface area contributed by atoms with Crippen molar-refractivity contribution in [1.29, 1.82) is 0 Å². The average Bonchev–Trinajstić information content (AvgIpc) is 3.36. The van der Waals surface area contributed by atoms with E-state index in [1.54, 1.807) is 36.9 Å². The predicted molar refractivity (Wildman–Crippen MR) is 109 cm³/mol. The molecule has 3 aromatic heterocycles. The number of carbonyl (C=O) groups is 1. The maximum atomic E-state index is 13.2. The molecule has 0 spiro atoms. The summed E-state index contributed by atoms with van der Waals surface area (Å²) in [5, 5.41) is 7.64. The summed E-state index contributed by atoms with van der Waals surface area (Å²) in [5.41, 5.74) is 2.16. The Morgan fingerprint density at radius 3 is 2.71 bits per heavy atom. The number of anilines is 1. The molecule has 1 aromatic carbocycles. The highest BCUT2D eigenvalue weighted by atomic mass is 19.3. The Labute approximate surface area is 175 Å². The zero-order valence-electron chi connectivity index (χ0n) is 16.8. The Morgan fingerprint density at radius 1 is 1.23 bits per heavy atom. The van der Waals surface area contributed by atoms with E-state index < -0.39 is 12.5 Å². The number of hydrogen-bond donors (Lipinski definition) is 1. The van der Waals surface area contributed by atoms with Gasteiger partial charge in [-0.05, 0) is 37.3 Å². The first-order valence-corrected chi connectivity index (χ1v) is 9.19. The molecule has 0 aliphatic carbocycles. The van der Waals surface area contributed by atoms with Crippen LogP contribution in [0.3, 0.4) is 0 Å². The molecular formula is C21H18F2N4O4. The van der Waals surface area contributed by atoms with Crippen LogP contribution in [-0.4, -0.2) is 34.4 Å². The van der Waals surface area contributed by atoms with Crippen molar-refractivity contribution in [3.8, 4) is 23.0 Å². The van der Waals surface area contributed by atoms with Gasteiger partial charge >= 0.3 is 6.61 Å². The lowest BCUT2D eigenvalue weighted by Crippen LogP contribution is -2.14. The number of halogens is 2. The van der Waals surface area contributed by atoms with Crippen LogP contribution in [0.25, 0.3) is 22.5 Å². The van der Waals surface area contributed by atoms with Gasteiger partial charge in [-0.2, -0.15) is 13.9 Å². The second kappa shape index (κ2) is 8.05. The molecule has 0 atom stereocenters. The van der Waals surface area contributed by atoms with E-state index in [1.165, 1.54) is 31.6 Å². The minimum absolute atomic E-state index is 0.118. The number of aryl methyl sites for hydroxylation is 2. The number of furan rings is 1. The zero-order valence-corrected chi connectivity index (χ0v) is 16.8. The normalized spacial score (nSPS) is 11.2. The van der Waals surface area contributed by atoms with Crippen molar-refractivity contribution >= 4 is 22.6 Å². The van der Waals surface area contributed by atoms with Crippen LogP contribution >= 0.6 is 0 Å². The van der Waals surface area contributed by atoms with Crippen LogP contribution in [0.15, 0.2) is 47.1 Å². The van der Waals surface area contributed by atoms with Crippen molar-refractivity contribution in [3.63, 3.8) is 0 Å². The van der Waals surface area contributed by atoms with Crippen LogP contribution in [0.2, 0.25) is 0 Å². The van der Waals surface area contributed by atoms with Crippen LogP contribution in [0.1, 0.15) is 16.1 Å². The number of rotatable bonds is 6. The van der Waals surface area contributed by atoms with Gasteiger partial charge in [-0.25, -0.2) is 4.98 Å². The summed E-state index contributed by atoms with van der Waals surface area (Å²) in [7, 11) is 3.06. The minimum Gasteiger partial charge on any atom is -0.493 e. The summed E-state index contributed by atoms with van der Waals surface area (Å²) < 4.78 is 41.9. The molecule has 0 radical (unpaired) electrons. The number of amides is 1. The smallest absolute Gasteiger partial charge is 0.387 e. The highest BCUT2D eigenvalue weighted by Gasteiger charge is 2.21. The maximum absolute atomic E-state index is 13.2. The molecule has 8 nitrogen and oxygen atoms in total.